The Hall–Kier alpha value is 0.450. The Bertz CT molecular complexity index is 402. The molecule has 0 N–H and O–H groups in total. The average molecular weight is 344 g/mol. The van der Waals surface area contributed by atoms with Gasteiger partial charge in [0.05, 0.1) is 5.02 Å². The molecule has 0 spiro atoms. The molecule has 0 aliphatic heterocycles. The lowest BCUT2D eigenvalue weighted by atomic mass is 10.3. The van der Waals surface area contributed by atoms with E-state index in [1.807, 2.05) is 0 Å². The first-order valence-electron chi connectivity index (χ1n) is 2.95. The first kappa shape index (κ1) is 14.5. The molecule has 1 aromatic rings. The van der Waals surface area contributed by atoms with Gasteiger partial charge in [0.2, 0.25) is 0 Å². The Labute approximate surface area is 103 Å². The van der Waals surface area contributed by atoms with Gasteiger partial charge in [-0.1, -0.05) is 27.5 Å². The van der Waals surface area contributed by atoms with Crippen molar-refractivity contribution in [2.24, 2.45) is 0 Å². The summed E-state index contributed by atoms with van der Waals surface area (Å²) in [5.41, 5.74) is 0. The molecule has 0 heterocycles. The largest absolute Gasteiger partial charge is 0.317 e. The van der Waals surface area contributed by atoms with E-state index in [2.05, 4.69) is 37.3 Å². The minimum Gasteiger partial charge on any atom is -0.205 e. The van der Waals surface area contributed by atoms with Crippen LogP contribution in [0.4, 0.5) is 4.39 Å². The zero-order chi connectivity index (χ0) is 11.4. The smallest absolute Gasteiger partial charge is 0.205 e. The van der Waals surface area contributed by atoms with Gasteiger partial charge in [0.15, 0.2) is 0 Å². The van der Waals surface area contributed by atoms with Crippen LogP contribution in [-0.2, 0) is 8.26 Å². The predicted molar refractivity (Wildman–Crippen MR) is 59.7 cm³/mol. The molecule has 0 saturated carbocycles. The Morgan fingerprint density at radius 1 is 1.29 bits per heavy atom. The standard InChI is InChI=1S/C6H3BrClF.Cl2O2S/c7-4-1-2-5(8)6(9)3-4;1-5(2,3)4/h1-3H;. The number of rotatable bonds is 0. The Morgan fingerprint density at radius 3 is 2.00 bits per heavy atom. The van der Waals surface area contributed by atoms with Gasteiger partial charge in [-0.3, -0.25) is 0 Å². The maximum atomic E-state index is 12.4. The van der Waals surface area contributed by atoms with E-state index in [1.54, 1.807) is 6.07 Å². The lowest BCUT2D eigenvalue weighted by molar-refractivity contribution is 0.621. The first-order valence-corrected chi connectivity index (χ1v) is 7.25. The van der Waals surface area contributed by atoms with Crippen LogP contribution in [0.1, 0.15) is 0 Å². The summed E-state index contributed by atoms with van der Waals surface area (Å²) in [7, 11) is 4.81. The van der Waals surface area contributed by atoms with Crippen LogP contribution in [0, 0.1) is 5.82 Å². The molecule has 0 aliphatic carbocycles. The van der Waals surface area contributed by atoms with E-state index in [9.17, 15) is 4.39 Å². The van der Waals surface area contributed by atoms with Crippen molar-refractivity contribution in [1.82, 2.24) is 0 Å². The van der Waals surface area contributed by atoms with Gasteiger partial charge in [0.25, 0.3) is 0 Å². The third kappa shape index (κ3) is 9.02. The molecule has 0 aromatic heterocycles. The summed E-state index contributed by atoms with van der Waals surface area (Å²) in [4.78, 5) is 0. The molecule has 1 rings (SSSR count). The van der Waals surface area contributed by atoms with E-state index in [0.29, 0.717) is 4.47 Å². The van der Waals surface area contributed by atoms with Gasteiger partial charge in [-0.05, 0) is 18.2 Å². The molecule has 1 aromatic carbocycles. The third-order valence-corrected chi connectivity index (χ3v) is 1.68. The van der Waals surface area contributed by atoms with Gasteiger partial charge < -0.3 is 0 Å². The quantitative estimate of drug-likeness (QED) is 0.527. The van der Waals surface area contributed by atoms with Crippen LogP contribution >= 0.6 is 48.9 Å². The summed E-state index contributed by atoms with van der Waals surface area (Å²) >= 11 is 8.48. The summed E-state index contributed by atoms with van der Waals surface area (Å²) in [6.07, 6.45) is 0. The Balaban J connectivity index is 0.000000292. The molecule has 0 atom stereocenters. The second-order valence-electron chi connectivity index (χ2n) is 1.94. The zero-order valence-electron chi connectivity index (χ0n) is 6.35. The molecule has 0 bridgehead atoms. The molecule has 0 radical (unpaired) electrons. The second kappa shape index (κ2) is 6.12. The molecule has 80 valence electrons. The maximum Gasteiger partial charge on any atom is 0.317 e. The second-order valence-corrected chi connectivity index (χ2v) is 6.93. The summed E-state index contributed by atoms with van der Waals surface area (Å²) in [6.45, 7) is 0. The molecule has 14 heavy (non-hydrogen) atoms. The van der Waals surface area contributed by atoms with Crippen molar-refractivity contribution in [3.63, 3.8) is 0 Å². The predicted octanol–water partition coefficient (Wildman–Crippen LogP) is 3.95. The van der Waals surface area contributed by atoms with Gasteiger partial charge in [-0.2, -0.15) is 8.42 Å². The highest BCUT2D eigenvalue weighted by Gasteiger charge is 1.96. The average Bonchev–Trinajstić information content (AvgIpc) is 1.94. The summed E-state index contributed by atoms with van der Waals surface area (Å²) in [6, 6.07) is 4.51. The van der Waals surface area contributed by atoms with Gasteiger partial charge in [0, 0.05) is 25.8 Å². The van der Waals surface area contributed by atoms with E-state index in [1.165, 1.54) is 12.1 Å². The summed E-state index contributed by atoms with van der Waals surface area (Å²) in [5.74, 6) is -0.397. The van der Waals surface area contributed by atoms with Gasteiger partial charge >= 0.3 is 8.26 Å². The van der Waals surface area contributed by atoms with Crippen LogP contribution in [0.25, 0.3) is 0 Å². The topological polar surface area (TPSA) is 34.1 Å². The van der Waals surface area contributed by atoms with E-state index in [-0.39, 0.29) is 5.02 Å². The number of benzene rings is 1. The van der Waals surface area contributed by atoms with Crippen molar-refractivity contribution in [2.45, 2.75) is 0 Å². The van der Waals surface area contributed by atoms with E-state index in [4.69, 9.17) is 20.0 Å². The van der Waals surface area contributed by atoms with Crippen molar-refractivity contribution in [2.75, 3.05) is 0 Å². The lowest BCUT2D eigenvalue weighted by Crippen LogP contribution is -1.73. The first-order chi connectivity index (χ1) is 6.20. The number of halogens is 5. The molecule has 0 unspecified atom stereocenters. The van der Waals surface area contributed by atoms with Crippen LogP contribution in [0.5, 0.6) is 0 Å². The Morgan fingerprint density at radius 2 is 1.71 bits per heavy atom. The molecule has 2 nitrogen and oxygen atoms in total. The minimum atomic E-state index is -3.72. The van der Waals surface area contributed by atoms with Crippen LogP contribution in [0.2, 0.25) is 5.02 Å². The van der Waals surface area contributed by atoms with Crippen molar-refractivity contribution >= 4 is 57.2 Å². The molecule has 0 aliphatic rings. The van der Waals surface area contributed by atoms with E-state index in [0.717, 1.165) is 0 Å². The van der Waals surface area contributed by atoms with Crippen LogP contribution in [-0.4, -0.2) is 8.42 Å². The lowest BCUT2D eigenvalue weighted by Gasteiger charge is -1.91. The maximum absolute atomic E-state index is 12.4. The zero-order valence-corrected chi connectivity index (χ0v) is 11.0. The normalized spacial score (nSPS) is 10.4. The highest BCUT2D eigenvalue weighted by molar-refractivity contribution is 9.10. The van der Waals surface area contributed by atoms with Crippen molar-refractivity contribution < 1.29 is 12.8 Å². The Kier molecular flexibility index (Phi) is 6.32. The highest BCUT2D eigenvalue weighted by Crippen LogP contribution is 2.18. The van der Waals surface area contributed by atoms with E-state index < -0.39 is 14.1 Å². The molecular formula is C6H3BrCl3FO2S. The third-order valence-electron chi connectivity index (χ3n) is 0.882. The number of hydrogen-bond donors (Lipinski definition) is 0. The molecule has 0 amide bonds. The van der Waals surface area contributed by atoms with Gasteiger partial charge in [0.1, 0.15) is 5.82 Å². The van der Waals surface area contributed by atoms with Crippen LogP contribution in [0.3, 0.4) is 0 Å². The SMILES string of the molecule is Fc1cc(Br)ccc1Cl.O=S(=O)(Cl)Cl. The summed E-state index contributed by atoms with van der Waals surface area (Å²) in [5, 5.41) is 0.151. The van der Waals surface area contributed by atoms with E-state index >= 15 is 0 Å². The van der Waals surface area contributed by atoms with Crippen molar-refractivity contribution in [3.8, 4) is 0 Å². The van der Waals surface area contributed by atoms with Crippen LogP contribution in [0.15, 0.2) is 22.7 Å². The van der Waals surface area contributed by atoms with Gasteiger partial charge in [-0.25, -0.2) is 4.39 Å². The van der Waals surface area contributed by atoms with Gasteiger partial charge in [-0.15, -0.1) is 0 Å². The number of hydrogen-bond acceptors (Lipinski definition) is 2. The molecule has 0 saturated heterocycles. The summed E-state index contributed by atoms with van der Waals surface area (Å²) < 4.78 is 31.4. The fraction of sp³-hybridized carbons (Fsp3) is 0. The fourth-order valence-electron chi connectivity index (χ4n) is 0.470. The fourth-order valence-corrected chi connectivity index (χ4v) is 0.921. The molecule has 8 heteroatoms. The minimum absolute atomic E-state index is 0.151. The molecular weight excluding hydrogens is 341 g/mol. The van der Waals surface area contributed by atoms with Crippen LogP contribution < -0.4 is 0 Å². The monoisotopic (exact) mass is 342 g/mol. The highest BCUT2D eigenvalue weighted by atomic mass is 79.9. The van der Waals surface area contributed by atoms with Crippen molar-refractivity contribution in [3.05, 3.63) is 33.5 Å². The van der Waals surface area contributed by atoms with Crippen molar-refractivity contribution in [1.29, 1.82) is 0 Å². The molecule has 0 fully saturated rings.